The number of carbonyl (C=O) groups is 1. The van der Waals surface area contributed by atoms with Crippen molar-refractivity contribution in [3.05, 3.63) is 57.6 Å². The predicted octanol–water partition coefficient (Wildman–Crippen LogP) is 4.29. The molecule has 2 aromatic rings. The lowest BCUT2D eigenvalue weighted by Crippen LogP contribution is -2.07. The van der Waals surface area contributed by atoms with Gasteiger partial charge >= 0.3 is 0 Å². The first-order chi connectivity index (χ1) is 9.52. The third kappa shape index (κ3) is 4.47. The Morgan fingerprint density at radius 3 is 2.70 bits per heavy atom. The quantitative estimate of drug-likeness (QED) is 0.856. The Balaban J connectivity index is 2.00. The molecule has 1 aromatic heterocycles. The number of allylic oxidation sites excluding steroid dienone is 1. The molecule has 0 aliphatic carbocycles. The van der Waals surface area contributed by atoms with E-state index < -0.39 is 0 Å². The van der Waals surface area contributed by atoms with Gasteiger partial charge in [0.1, 0.15) is 0 Å². The molecule has 3 nitrogen and oxygen atoms in total. The van der Waals surface area contributed by atoms with Crippen LogP contribution in [0.25, 0.3) is 0 Å². The van der Waals surface area contributed by atoms with Crippen molar-refractivity contribution in [3.8, 4) is 0 Å². The summed E-state index contributed by atoms with van der Waals surface area (Å²) in [6, 6.07) is 7.72. The van der Waals surface area contributed by atoms with Crippen molar-refractivity contribution in [2.24, 2.45) is 0 Å². The molecule has 0 unspecified atom stereocenters. The highest BCUT2D eigenvalue weighted by Gasteiger charge is 2.05. The average molecular weight is 307 g/mol. The maximum atomic E-state index is 11.6. The van der Waals surface area contributed by atoms with Crippen molar-refractivity contribution in [3.63, 3.8) is 0 Å². The zero-order valence-corrected chi connectivity index (χ0v) is 12.9. The van der Waals surface area contributed by atoms with E-state index in [4.69, 9.17) is 11.6 Å². The molecule has 1 N–H and O–H groups in total. The lowest BCUT2D eigenvalue weighted by atomic mass is 10.1. The van der Waals surface area contributed by atoms with E-state index in [0.29, 0.717) is 5.13 Å². The first-order valence-corrected chi connectivity index (χ1v) is 7.37. The minimum Gasteiger partial charge on any atom is -0.298 e. The van der Waals surface area contributed by atoms with Crippen LogP contribution in [0.5, 0.6) is 0 Å². The number of nitrogens with one attached hydrogen (secondary N) is 1. The molecule has 0 aliphatic rings. The topological polar surface area (TPSA) is 42.0 Å². The van der Waals surface area contributed by atoms with Crippen LogP contribution in [0.4, 0.5) is 5.13 Å². The fraction of sp³-hybridized carbons (Fsp3) is 0.200. The second-order valence-electron chi connectivity index (χ2n) is 4.65. The lowest BCUT2D eigenvalue weighted by molar-refractivity contribution is -0.111. The molecule has 104 valence electrons. The lowest BCUT2D eigenvalue weighted by Gasteiger charge is -1.98. The van der Waals surface area contributed by atoms with Gasteiger partial charge in [-0.05, 0) is 31.5 Å². The van der Waals surface area contributed by atoms with Gasteiger partial charge in [0.05, 0.1) is 0 Å². The van der Waals surface area contributed by atoms with E-state index in [9.17, 15) is 4.79 Å². The maximum Gasteiger partial charge on any atom is 0.250 e. The number of halogens is 1. The standard InChI is InChI=1S/C15H15ClN2OS/c1-10(2)7-14(19)18-15-17-9-13(20-15)8-11-3-5-12(16)6-4-11/h3-7,9H,8H2,1-2H3,(H,17,18,19). The largest absolute Gasteiger partial charge is 0.298 e. The molecule has 20 heavy (non-hydrogen) atoms. The van der Waals surface area contributed by atoms with Gasteiger partial charge < -0.3 is 0 Å². The summed E-state index contributed by atoms with van der Waals surface area (Å²) in [5, 5.41) is 4.11. The van der Waals surface area contributed by atoms with Crippen molar-refractivity contribution in [2.75, 3.05) is 5.32 Å². The Labute approximate surface area is 127 Å². The summed E-state index contributed by atoms with van der Waals surface area (Å²) in [6.07, 6.45) is 4.13. The Bertz CT molecular complexity index is 628. The summed E-state index contributed by atoms with van der Waals surface area (Å²) in [5.74, 6) is -0.141. The van der Waals surface area contributed by atoms with Gasteiger partial charge in [-0.15, -0.1) is 11.3 Å². The summed E-state index contributed by atoms with van der Waals surface area (Å²) < 4.78 is 0. The van der Waals surface area contributed by atoms with Crippen LogP contribution in [0.15, 0.2) is 42.1 Å². The minimum atomic E-state index is -0.141. The molecule has 0 saturated heterocycles. The number of anilines is 1. The van der Waals surface area contributed by atoms with E-state index >= 15 is 0 Å². The Kier molecular flexibility index (Phi) is 4.93. The number of hydrogen-bond acceptors (Lipinski definition) is 3. The van der Waals surface area contributed by atoms with Crippen LogP contribution >= 0.6 is 22.9 Å². The number of amides is 1. The fourth-order valence-electron chi connectivity index (χ4n) is 1.65. The van der Waals surface area contributed by atoms with Crippen LogP contribution in [-0.4, -0.2) is 10.9 Å². The third-order valence-electron chi connectivity index (χ3n) is 2.50. The van der Waals surface area contributed by atoms with E-state index in [1.807, 2.05) is 38.1 Å². The monoisotopic (exact) mass is 306 g/mol. The van der Waals surface area contributed by atoms with E-state index in [-0.39, 0.29) is 5.91 Å². The van der Waals surface area contributed by atoms with Crippen LogP contribution in [-0.2, 0) is 11.2 Å². The summed E-state index contributed by atoms with van der Waals surface area (Å²) >= 11 is 7.34. The first-order valence-electron chi connectivity index (χ1n) is 6.18. The van der Waals surface area contributed by atoms with Gasteiger partial charge in [-0.3, -0.25) is 10.1 Å². The number of thiazole rings is 1. The normalized spacial score (nSPS) is 10.2. The van der Waals surface area contributed by atoms with Crippen molar-refractivity contribution >= 4 is 34.0 Å². The molecule has 1 aromatic carbocycles. The van der Waals surface area contributed by atoms with Gasteiger partial charge in [-0.1, -0.05) is 29.3 Å². The molecular weight excluding hydrogens is 292 g/mol. The van der Waals surface area contributed by atoms with Gasteiger partial charge in [-0.25, -0.2) is 4.98 Å². The smallest absolute Gasteiger partial charge is 0.250 e. The SMILES string of the molecule is CC(C)=CC(=O)Nc1ncc(Cc2ccc(Cl)cc2)s1. The van der Waals surface area contributed by atoms with Crippen LogP contribution in [0, 0.1) is 0 Å². The first kappa shape index (κ1) is 14.8. The number of rotatable bonds is 4. The predicted molar refractivity (Wildman–Crippen MR) is 84.4 cm³/mol. The molecule has 0 spiro atoms. The summed E-state index contributed by atoms with van der Waals surface area (Å²) in [4.78, 5) is 16.9. The number of aromatic nitrogens is 1. The van der Waals surface area contributed by atoms with Gasteiger partial charge in [0.2, 0.25) is 5.91 Å². The van der Waals surface area contributed by atoms with E-state index in [2.05, 4.69) is 10.3 Å². The maximum absolute atomic E-state index is 11.6. The van der Waals surface area contributed by atoms with Crippen molar-refractivity contribution in [1.82, 2.24) is 4.98 Å². The van der Waals surface area contributed by atoms with Crippen LogP contribution in [0.3, 0.4) is 0 Å². The zero-order chi connectivity index (χ0) is 14.5. The van der Waals surface area contributed by atoms with Gasteiger partial charge in [0.25, 0.3) is 0 Å². The molecule has 0 radical (unpaired) electrons. The van der Waals surface area contributed by atoms with Gasteiger partial charge in [0.15, 0.2) is 5.13 Å². The third-order valence-corrected chi connectivity index (χ3v) is 3.66. The highest BCUT2D eigenvalue weighted by molar-refractivity contribution is 7.15. The molecule has 1 heterocycles. The van der Waals surface area contributed by atoms with E-state index in [1.54, 1.807) is 12.3 Å². The highest BCUT2D eigenvalue weighted by atomic mass is 35.5. The molecule has 5 heteroatoms. The van der Waals surface area contributed by atoms with Crippen LogP contribution in [0.2, 0.25) is 5.02 Å². The summed E-state index contributed by atoms with van der Waals surface area (Å²) in [7, 11) is 0. The average Bonchev–Trinajstić information content (AvgIpc) is 2.78. The van der Waals surface area contributed by atoms with Crippen molar-refractivity contribution in [1.29, 1.82) is 0 Å². The van der Waals surface area contributed by atoms with E-state index in [1.165, 1.54) is 16.9 Å². The fourth-order valence-corrected chi connectivity index (χ4v) is 2.63. The summed E-state index contributed by atoms with van der Waals surface area (Å²) in [6.45, 7) is 3.76. The molecule has 0 saturated carbocycles. The van der Waals surface area contributed by atoms with Crippen LogP contribution < -0.4 is 5.32 Å². The van der Waals surface area contributed by atoms with Gasteiger partial charge in [-0.2, -0.15) is 0 Å². The minimum absolute atomic E-state index is 0.141. The molecule has 1 amide bonds. The Hall–Kier alpha value is -1.65. The summed E-state index contributed by atoms with van der Waals surface area (Å²) in [5.41, 5.74) is 2.13. The number of carbonyl (C=O) groups excluding carboxylic acids is 1. The number of nitrogens with zero attached hydrogens (tertiary/aromatic N) is 1. The molecule has 0 bridgehead atoms. The second-order valence-corrected chi connectivity index (χ2v) is 6.20. The van der Waals surface area contributed by atoms with E-state index in [0.717, 1.165) is 21.9 Å². The van der Waals surface area contributed by atoms with Gasteiger partial charge in [0, 0.05) is 28.6 Å². The second kappa shape index (κ2) is 6.68. The molecule has 2 rings (SSSR count). The number of benzene rings is 1. The van der Waals surface area contributed by atoms with Crippen LogP contribution in [0.1, 0.15) is 24.3 Å². The highest BCUT2D eigenvalue weighted by Crippen LogP contribution is 2.22. The zero-order valence-electron chi connectivity index (χ0n) is 11.3. The Morgan fingerprint density at radius 2 is 2.05 bits per heavy atom. The molecule has 0 aliphatic heterocycles. The Morgan fingerprint density at radius 1 is 1.35 bits per heavy atom. The van der Waals surface area contributed by atoms with Crippen molar-refractivity contribution < 1.29 is 4.79 Å². The van der Waals surface area contributed by atoms with Crippen molar-refractivity contribution in [2.45, 2.75) is 20.3 Å². The molecule has 0 atom stereocenters. The number of hydrogen-bond donors (Lipinski definition) is 1. The molecule has 0 fully saturated rings. The molecular formula is C15H15ClN2OS.